The van der Waals surface area contributed by atoms with Gasteiger partial charge >= 0.3 is 5.97 Å². The maximum atomic E-state index is 12.1. The normalized spacial score (nSPS) is 40.8. The fraction of sp³-hybridized carbons (Fsp3) is 0.650. The van der Waals surface area contributed by atoms with Crippen LogP contribution in [0.4, 0.5) is 0 Å². The maximum absolute atomic E-state index is 12.1. The molecule has 1 fully saturated rings. The maximum Gasteiger partial charge on any atom is 0.337 e. The summed E-state index contributed by atoms with van der Waals surface area (Å²) in [5.41, 5.74) is 3.47. The molecule has 1 aliphatic carbocycles. The lowest BCUT2D eigenvalue weighted by atomic mass is 9.91. The van der Waals surface area contributed by atoms with E-state index in [1.165, 1.54) is 5.57 Å². The summed E-state index contributed by atoms with van der Waals surface area (Å²) < 4.78 is 11.3. The van der Waals surface area contributed by atoms with Gasteiger partial charge in [-0.3, -0.25) is 0 Å². The number of carbonyl (C=O) groups excluding carboxylic acids is 1. The summed E-state index contributed by atoms with van der Waals surface area (Å²) >= 11 is 0. The number of carbonyl (C=O) groups is 1. The molecule has 0 bridgehead atoms. The van der Waals surface area contributed by atoms with Crippen molar-refractivity contribution in [3.63, 3.8) is 0 Å². The van der Waals surface area contributed by atoms with Crippen LogP contribution in [0.2, 0.25) is 0 Å². The van der Waals surface area contributed by atoms with Gasteiger partial charge in [0, 0.05) is 11.1 Å². The quantitative estimate of drug-likeness (QED) is 0.249. The van der Waals surface area contributed by atoms with E-state index >= 15 is 0 Å². The Labute approximate surface area is 149 Å². The Hall–Kier alpha value is -1.43. The van der Waals surface area contributed by atoms with Crippen molar-refractivity contribution in [2.24, 2.45) is 0 Å². The van der Waals surface area contributed by atoms with Crippen LogP contribution in [0.5, 0.6) is 0 Å². The topological polar surface area (TPSA) is 68.3 Å². The number of fused-ring (bicyclic) bond motifs is 2. The molecule has 1 N–H and O–H groups in total. The monoisotopic (exact) mass is 348 g/mol. The minimum atomic E-state index is -1.48. The van der Waals surface area contributed by atoms with E-state index in [2.05, 4.69) is 19.9 Å². The average molecular weight is 348 g/mol. The molecule has 0 aromatic carbocycles. The number of ether oxygens (including phenoxy) is 2. The number of hydrogen-bond acceptors (Lipinski definition) is 5. The summed E-state index contributed by atoms with van der Waals surface area (Å²) in [6.07, 6.45) is 9.39. The van der Waals surface area contributed by atoms with Crippen molar-refractivity contribution in [3.05, 3.63) is 34.4 Å². The predicted octanol–water partition coefficient (Wildman–Crippen LogP) is 4.45. The molecule has 3 rings (SSSR count). The van der Waals surface area contributed by atoms with Crippen molar-refractivity contribution in [1.29, 1.82) is 0 Å². The third-order valence-electron chi connectivity index (χ3n) is 5.73. The van der Waals surface area contributed by atoms with Crippen LogP contribution >= 0.6 is 0 Å². The third kappa shape index (κ3) is 3.59. The highest BCUT2D eigenvalue weighted by molar-refractivity contribution is 5.92. The standard InChI is InChI=1S/C20H28O5/c1-13-6-5-11-19(4)17(23-19)10-8-14(2)12-20(25-22)16(9-7-13)15(3)18(21)24-20/h6,12,17,22H,5,7-11H2,1-4H3/b13-6+,14-12+/t17-,19-,20-/m0/s1. The van der Waals surface area contributed by atoms with Crippen LogP contribution in [0.25, 0.3) is 0 Å². The molecular formula is C20H28O5. The van der Waals surface area contributed by atoms with E-state index in [1.54, 1.807) is 13.0 Å². The Morgan fingerprint density at radius 3 is 2.68 bits per heavy atom. The van der Waals surface area contributed by atoms with Gasteiger partial charge in [0.2, 0.25) is 0 Å². The Bertz CT molecular complexity index is 659. The molecule has 0 spiro atoms. The number of esters is 1. The minimum absolute atomic E-state index is 0.0200. The molecule has 138 valence electrons. The molecule has 5 nitrogen and oxygen atoms in total. The Morgan fingerprint density at radius 2 is 1.96 bits per heavy atom. The molecule has 5 heteroatoms. The lowest BCUT2D eigenvalue weighted by Gasteiger charge is -2.25. The molecule has 3 aliphatic rings. The van der Waals surface area contributed by atoms with E-state index < -0.39 is 11.8 Å². The van der Waals surface area contributed by atoms with Crippen LogP contribution in [0.1, 0.15) is 66.2 Å². The van der Waals surface area contributed by atoms with E-state index in [0.717, 1.165) is 37.7 Å². The van der Waals surface area contributed by atoms with Gasteiger partial charge in [0.15, 0.2) is 0 Å². The second-order valence-electron chi connectivity index (χ2n) is 7.79. The van der Waals surface area contributed by atoms with Gasteiger partial charge in [0.1, 0.15) is 0 Å². The SMILES string of the molecule is CC1=C2CC/C(C)=C/CC[C@]3(C)O[C@H]3CC/C(C)=C/[C@@]2(OO)OC1=O. The summed E-state index contributed by atoms with van der Waals surface area (Å²) in [5.74, 6) is -1.92. The van der Waals surface area contributed by atoms with E-state index in [0.29, 0.717) is 17.6 Å². The van der Waals surface area contributed by atoms with E-state index in [1.807, 2.05) is 6.92 Å². The third-order valence-corrected chi connectivity index (χ3v) is 5.73. The molecule has 0 radical (unpaired) electrons. The van der Waals surface area contributed by atoms with Crippen LogP contribution in [0.15, 0.2) is 34.4 Å². The molecule has 0 unspecified atom stereocenters. The largest absolute Gasteiger partial charge is 0.419 e. The summed E-state index contributed by atoms with van der Waals surface area (Å²) in [7, 11) is 0. The first-order valence-electron chi connectivity index (χ1n) is 9.07. The highest BCUT2D eigenvalue weighted by Gasteiger charge is 2.51. The Morgan fingerprint density at radius 1 is 1.20 bits per heavy atom. The molecule has 0 aromatic heterocycles. The summed E-state index contributed by atoms with van der Waals surface area (Å²) in [6, 6.07) is 0. The van der Waals surface area contributed by atoms with Crippen molar-refractivity contribution in [3.8, 4) is 0 Å². The van der Waals surface area contributed by atoms with Crippen LogP contribution in [-0.4, -0.2) is 28.7 Å². The second kappa shape index (κ2) is 6.71. The molecule has 0 amide bonds. The fourth-order valence-corrected chi connectivity index (χ4v) is 3.90. The van der Waals surface area contributed by atoms with E-state index in [-0.39, 0.29) is 11.7 Å². The molecular weight excluding hydrogens is 320 g/mol. The van der Waals surface area contributed by atoms with Crippen LogP contribution < -0.4 is 0 Å². The molecule has 25 heavy (non-hydrogen) atoms. The average Bonchev–Trinajstić information content (AvgIpc) is 3.14. The Balaban J connectivity index is 1.91. The van der Waals surface area contributed by atoms with Crippen molar-refractivity contribution >= 4 is 5.97 Å². The Kier molecular flexibility index (Phi) is 4.93. The van der Waals surface area contributed by atoms with Gasteiger partial charge in [-0.25, -0.2) is 10.1 Å². The molecule has 0 aromatic rings. The van der Waals surface area contributed by atoms with Crippen molar-refractivity contribution in [1.82, 2.24) is 0 Å². The van der Waals surface area contributed by atoms with Crippen LogP contribution in [0.3, 0.4) is 0 Å². The molecule has 2 heterocycles. The van der Waals surface area contributed by atoms with Gasteiger partial charge in [-0.1, -0.05) is 17.2 Å². The number of hydrogen-bond donors (Lipinski definition) is 1. The first kappa shape index (κ1) is 18.4. The van der Waals surface area contributed by atoms with E-state index in [9.17, 15) is 10.1 Å². The van der Waals surface area contributed by atoms with Crippen molar-refractivity contribution in [2.75, 3.05) is 0 Å². The lowest BCUT2D eigenvalue weighted by Crippen LogP contribution is -2.33. The molecule has 0 saturated carbocycles. The predicted molar refractivity (Wildman–Crippen MR) is 93.7 cm³/mol. The number of epoxide rings is 1. The highest BCUT2D eigenvalue weighted by atomic mass is 17.1. The zero-order valence-electron chi connectivity index (χ0n) is 15.6. The zero-order chi connectivity index (χ0) is 18.2. The van der Waals surface area contributed by atoms with Gasteiger partial charge in [-0.05, 0) is 72.3 Å². The van der Waals surface area contributed by atoms with Crippen LogP contribution in [0, 0.1) is 0 Å². The number of allylic oxidation sites excluding steroid dienone is 3. The van der Waals surface area contributed by atoms with Crippen LogP contribution in [-0.2, 0) is 19.2 Å². The zero-order valence-corrected chi connectivity index (χ0v) is 15.6. The minimum Gasteiger partial charge on any atom is -0.419 e. The van der Waals surface area contributed by atoms with Gasteiger partial charge in [-0.15, -0.1) is 0 Å². The summed E-state index contributed by atoms with van der Waals surface area (Å²) in [5, 5.41) is 9.58. The van der Waals surface area contributed by atoms with Crippen molar-refractivity contribution in [2.45, 2.75) is 83.7 Å². The summed E-state index contributed by atoms with van der Waals surface area (Å²) in [4.78, 5) is 16.8. The van der Waals surface area contributed by atoms with Crippen molar-refractivity contribution < 1.29 is 24.4 Å². The van der Waals surface area contributed by atoms with Gasteiger partial charge in [0.05, 0.1) is 11.7 Å². The second-order valence-corrected chi connectivity index (χ2v) is 7.79. The molecule has 1 saturated heterocycles. The highest BCUT2D eigenvalue weighted by Crippen LogP contribution is 2.45. The smallest absolute Gasteiger partial charge is 0.337 e. The molecule has 2 aliphatic heterocycles. The van der Waals surface area contributed by atoms with E-state index in [4.69, 9.17) is 14.4 Å². The van der Waals surface area contributed by atoms with Gasteiger partial charge in [-0.2, -0.15) is 4.89 Å². The van der Waals surface area contributed by atoms with Gasteiger partial charge < -0.3 is 9.47 Å². The molecule has 3 atom stereocenters. The first-order chi connectivity index (χ1) is 11.8. The lowest BCUT2D eigenvalue weighted by molar-refractivity contribution is -0.355. The summed E-state index contributed by atoms with van der Waals surface area (Å²) in [6.45, 7) is 7.96. The number of rotatable bonds is 1. The van der Waals surface area contributed by atoms with Gasteiger partial charge in [0.25, 0.3) is 5.79 Å². The fourth-order valence-electron chi connectivity index (χ4n) is 3.90. The first-order valence-corrected chi connectivity index (χ1v) is 9.07.